The Morgan fingerprint density at radius 3 is 2.53 bits per heavy atom. The summed E-state index contributed by atoms with van der Waals surface area (Å²) in [5.74, 6) is -1.02. The number of carbonyl (C=O) groups is 2. The fraction of sp³-hybridized carbons (Fsp3) is 0.583. The van der Waals surface area contributed by atoms with E-state index in [1.165, 1.54) is 9.80 Å². The number of nitrogens with zero attached hydrogens (tertiary/aromatic N) is 4. The Balaban J connectivity index is 2.70. The number of carboxylic acids is 1. The van der Waals surface area contributed by atoms with Crippen molar-refractivity contribution in [2.45, 2.75) is 26.4 Å². The molecule has 0 fully saturated rings. The van der Waals surface area contributed by atoms with E-state index in [2.05, 4.69) is 5.10 Å². The van der Waals surface area contributed by atoms with Crippen LogP contribution in [0.3, 0.4) is 0 Å². The van der Waals surface area contributed by atoms with E-state index in [4.69, 9.17) is 5.11 Å². The highest BCUT2D eigenvalue weighted by atomic mass is 16.4. The maximum absolute atomic E-state index is 12.2. The third-order valence-corrected chi connectivity index (χ3v) is 2.68. The van der Waals surface area contributed by atoms with Gasteiger partial charge in [-0.2, -0.15) is 5.10 Å². The van der Waals surface area contributed by atoms with Crippen molar-refractivity contribution < 1.29 is 14.7 Å². The number of aromatic nitrogens is 2. The summed E-state index contributed by atoms with van der Waals surface area (Å²) in [5, 5.41) is 12.9. The monoisotopic (exact) mass is 268 g/mol. The molecule has 1 heterocycles. The molecule has 106 valence electrons. The highest BCUT2D eigenvalue weighted by Gasteiger charge is 2.23. The summed E-state index contributed by atoms with van der Waals surface area (Å²) in [4.78, 5) is 25.8. The largest absolute Gasteiger partial charge is 0.480 e. The molecular weight excluding hydrogens is 248 g/mol. The third kappa shape index (κ3) is 4.27. The molecule has 1 aromatic rings. The van der Waals surface area contributed by atoms with Gasteiger partial charge in [0.1, 0.15) is 6.54 Å². The van der Waals surface area contributed by atoms with E-state index >= 15 is 0 Å². The molecule has 0 aliphatic rings. The van der Waals surface area contributed by atoms with Crippen LogP contribution in [-0.4, -0.2) is 56.3 Å². The average Bonchev–Trinajstić information content (AvgIpc) is 2.70. The van der Waals surface area contributed by atoms with Crippen molar-refractivity contribution in [3.8, 4) is 0 Å². The Morgan fingerprint density at radius 2 is 2.11 bits per heavy atom. The van der Waals surface area contributed by atoms with Gasteiger partial charge in [-0.15, -0.1) is 0 Å². The zero-order valence-electron chi connectivity index (χ0n) is 11.7. The van der Waals surface area contributed by atoms with Crippen LogP contribution in [0.25, 0.3) is 0 Å². The molecular formula is C12H20N4O3. The van der Waals surface area contributed by atoms with Crippen molar-refractivity contribution in [3.05, 3.63) is 18.0 Å². The summed E-state index contributed by atoms with van der Waals surface area (Å²) in [7, 11) is 3.45. The Labute approximate surface area is 112 Å². The van der Waals surface area contributed by atoms with Crippen molar-refractivity contribution in [2.24, 2.45) is 7.05 Å². The SMILES string of the molecule is CC(C)N(CC(=O)O)C(=O)N(C)Cc1cnn(C)c1. The fourth-order valence-corrected chi connectivity index (χ4v) is 1.73. The Bertz CT molecular complexity index is 456. The van der Waals surface area contributed by atoms with E-state index in [0.29, 0.717) is 6.54 Å². The van der Waals surface area contributed by atoms with Crippen LogP contribution >= 0.6 is 0 Å². The van der Waals surface area contributed by atoms with E-state index in [9.17, 15) is 9.59 Å². The van der Waals surface area contributed by atoms with Crippen LogP contribution in [0.1, 0.15) is 19.4 Å². The highest BCUT2D eigenvalue weighted by molar-refractivity contribution is 5.80. The van der Waals surface area contributed by atoms with Gasteiger partial charge >= 0.3 is 12.0 Å². The van der Waals surface area contributed by atoms with Gasteiger partial charge in [-0.25, -0.2) is 4.79 Å². The second-order valence-electron chi connectivity index (χ2n) is 4.78. The van der Waals surface area contributed by atoms with Gasteiger partial charge in [0, 0.05) is 31.9 Å². The van der Waals surface area contributed by atoms with Crippen LogP contribution < -0.4 is 0 Å². The second kappa shape index (κ2) is 6.21. The number of hydrogen-bond donors (Lipinski definition) is 1. The van der Waals surface area contributed by atoms with E-state index in [1.54, 1.807) is 38.8 Å². The number of urea groups is 1. The molecule has 1 rings (SSSR count). The van der Waals surface area contributed by atoms with Gasteiger partial charge in [-0.3, -0.25) is 9.48 Å². The molecule has 0 aliphatic heterocycles. The number of aryl methyl sites for hydroxylation is 1. The summed E-state index contributed by atoms with van der Waals surface area (Å²) in [5.41, 5.74) is 0.900. The van der Waals surface area contributed by atoms with Gasteiger partial charge < -0.3 is 14.9 Å². The topological polar surface area (TPSA) is 78.7 Å². The first-order valence-electron chi connectivity index (χ1n) is 6.02. The maximum atomic E-state index is 12.2. The molecule has 2 amide bonds. The standard InChI is InChI=1S/C12H20N4O3/c1-9(2)16(8-11(17)18)12(19)14(3)6-10-5-13-15(4)7-10/h5,7,9H,6,8H2,1-4H3,(H,17,18). The first kappa shape index (κ1) is 15.0. The zero-order valence-corrected chi connectivity index (χ0v) is 11.7. The second-order valence-corrected chi connectivity index (χ2v) is 4.78. The number of rotatable bonds is 5. The Kier molecular flexibility index (Phi) is 4.91. The molecule has 1 aromatic heterocycles. The van der Waals surface area contributed by atoms with Crippen LogP contribution in [0.2, 0.25) is 0 Å². The number of amides is 2. The van der Waals surface area contributed by atoms with Gasteiger partial charge in [0.2, 0.25) is 0 Å². The minimum atomic E-state index is -1.02. The molecule has 0 radical (unpaired) electrons. The fourth-order valence-electron chi connectivity index (χ4n) is 1.73. The third-order valence-electron chi connectivity index (χ3n) is 2.68. The van der Waals surface area contributed by atoms with E-state index < -0.39 is 5.97 Å². The van der Waals surface area contributed by atoms with E-state index in [1.807, 2.05) is 6.20 Å². The maximum Gasteiger partial charge on any atom is 0.323 e. The predicted octanol–water partition coefficient (Wildman–Crippen LogP) is 0.767. The Hall–Kier alpha value is -2.05. The summed E-state index contributed by atoms with van der Waals surface area (Å²) < 4.78 is 1.66. The van der Waals surface area contributed by atoms with Crippen molar-refractivity contribution >= 4 is 12.0 Å². The van der Waals surface area contributed by atoms with Crippen molar-refractivity contribution in [3.63, 3.8) is 0 Å². The lowest BCUT2D eigenvalue weighted by atomic mass is 10.3. The Morgan fingerprint density at radius 1 is 1.47 bits per heavy atom. The highest BCUT2D eigenvalue weighted by Crippen LogP contribution is 2.07. The molecule has 0 unspecified atom stereocenters. The van der Waals surface area contributed by atoms with Gasteiger partial charge in [0.15, 0.2) is 0 Å². The van der Waals surface area contributed by atoms with Crippen LogP contribution in [0, 0.1) is 0 Å². The lowest BCUT2D eigenvalue weighted by molar-refractivity contribution is -0.138. The lowest BCUT2D eigenvalue weighted by Gasteiger charge is -2.29. The van der Waals surface area contributed by atoms with E-state index in [-0.39, 0.29) is 18.6 Å². The van der Waals surface area contributed by atoms with Crippen LogP contribution in [0.5, 0.6) is 0 Å². The number of hydrogen-bond acceptors (Lipinski definition) is 3. The number of carboxylic acid groups (broad SMARTS) is 1. The first-order chi connectivity index (χ1) is 8.81. The minimum absolute atomic E-state index is 0.167. The quantitative estimate of drug-likeness (QED) is 0.855. The zero-order chi connectivity index (χ0) is 14.6. The van der Waals surface area contributed by atoms with Crippen molar-refractivity contribution in [2.75, 3.05) is 13.6 Å². The molecule has 0 bridgehead atoms. The molecule has 0 saturated carbocycles. The molecule has 0 saturated heterocycles. The molecule has 0 aromatic carbocycles. The van der Waals surface area contributed by atoms with Gasteiger partial charge in [-0.1, -0.05) is 0 Å². The average molecular weight is 268 g/mol. The molecule has 1 N–H and O–H groups in total. The normalized spacial score (nSPS) is 10.6. The van der Waals surface area contributed by atoms with E-state index in [0.717, 1.165) is 5.56 Å². The first-order valence-corrected chi connectivity index (χ1v) is 6.02. The molecule has 0 spiro atoms. The number of aliphatic carboxylic acids is 1. The van der Waals surface area contributed by atoms with Crippen LogP contribution in [0.15, 0.2) is 12.4 Å². The lowest BCUT2D eigenvalue weighted by Crippen LogP contribution is -2.46. The smallest absolute Gasteiger partial charge is 0.323 e. The van der Waals surface area contributed by atoms with Crippen molar-refractivity contribution in [1.29, 1.82) is 0 Å². The summed E-state index contributed by atoms with van der Waals surface area (Å²) in [6.07, 6.45) is 3.50. The molecule has 7 nitrogen and oxygen atoms in total. The number of carbonyl (C=O) groups excluding carboxylic acids is 1. The van der Waals surface area contributed by atoms with Crippen LogP contribution in [0.4, 0.5) is 4.79 Å². The van der Waals surface area contributed by atoms with Gasteiger partial charge in [0.05, 0.1) is 12.7 Å². The van der Waals surface area contributed by atoms with Gasteiger partial charge in [0.25, 0.3) is 0 Å². The summed E-state index contributed by atoms with van der Waals surface area (Å²) in [6.45, 7) is 3.68. The minimum Gasteiger partial charge on any atom is -0.480 e. The molecule has 7 heteroatoms. The predicted molar refractivity (Wildman–Crippen MR) is 69.5 cm³/mol. The van der Waals surface area contributed by atoms with Crippen molar-refractivity contribution in [1.82, 2.24) is 19.6 Å². The molecule has 0 atom stereocenters. The van der Waals surface area contributed by atoms with Gasteiger partial charge in [-0.05, 0) is 13.8 Å². The molecule has 19 heavy (non-hydrogen) atoms. The summed E-state index contributed by atoms with van der Waals surface area (Å²) in [6, 6.07) is -0.471. The van der Waals surface area contributed by atoms with Crippen LogP contribution in [-0.2, 0) is 18.4 Å². The molecule has 0 aliphatic carbocycles. The summed E-state index contributed by atoms with van der Waals surface area (Å²) >= 11 is 0.